The standard InChI is InChI=1S/C16H22BrNO2/c1-11-9-12(3-7-14(11)17)4-8-15(20)18-16(2,10-19)13-5-6-13/h3,7,9,13,19H,4-6,8,10H2,1-2H3,(H,18,20). The zero-order valence-corrected chi connectivity index (χ0v) is 13.7. The molecule has 110 valence electrons. The van der Waals surface area contributed by atoms with Gasteiger partial charge in [0, 0.05) is 10.9 Å². The Labute approximate surface area is 128 Å². The van der Waals surface area contributed by atoms with Gasteiger partial charge in [0.2, 0.25) is 5.91 Å². The van der Waals surface area contributed by atoms with E-state index in [-0.39, 0.29) is 12.5 Å². The quantitative estimate of drug-likeness (QED) is 0.837. The van der Waals surface area contributed by atoms with E-state index in [4.69, 9.17) is 0 Å². The molecule has 0 aromatic heterocycles. The van der Waals surface area contributed by atoms with Crippen LogP contribution in [0.1, 0.15) is 37.3 Å². The van der Waals surface area contributed by atoms with Crippen LogP contribution in [-0.2, 0) is 11.2 Å². The molecule has 1 aromatic carbocycles. The molecule has 2 rings (SSSR count). The minimum absolute atomic E-state index is 0.0147. The first kappa shape index (κ1) is 15.5. The lowest BCUT2D eigenvalue weighted by Crippen LogP contribution is -2.50. The van der Waals surface area contributed by atoms with E-state index < -0.39 is 5.54 Å². The molecule has 0 heterocycles. The fraction of sp³-hybridized carbons (Fsp3) is 0.562. The third-order valence-electron chi connectivity index (χ3n) is 4.09. The molecule has 20 heavy (non-hydrogen) atoms. The van der Waals surface area contributed by atoms with E-state index in [9.17, 15) is 9.90 Å². The van der Waals surface area contributed by atoms with Gasteiger partial charge in [-0.25, -0.2) is 0 Å². The highest BCUT2D eigenvalue weighted by atomic mass is 79.9. The zero-order valence-electron chi connectivity index (χ0n) is 12.1. The summed E-state index contributed by atoms with van der Waals surface area (Å²) in [6.07, 6.45) is 3.39. The maximum Gasteiger partial charge on any atom is 0.220 e. The molecule has 1 aliphatic rings. The fourth-order valence-electron chi connectivity index (χ4n) is 2.49. The van der Waals surface area contributed by atoms with Crippen LogP contribution < -0.4 is 5.32 Å². The Hall–Kier alpha value is -0.870. The van der Waals surface area contributed by atoms with Crippen molar-refractivity contribution in [3.8, 4) is 0 Å². The summed E-state index contributed by atoms with van der Waals surface area (Å²) in [6.45, 7) is 4.00. The predicted molar refractivity (Wildman–Crippen MR) is 83.6 cm³/mol. The van der Waals surface area contributed by atoms with Gasteiger partial charge >= 0.3 is 0 Å². The number of carbonyl (C=O) groups is 1. The Morgan fingerprint density at radius 3 is 2.75 bits per heavy atom. The molecule has 1 unspecified atom stereocenters. The molecule has 1 amide bonds. The van der Waals surface area contributed by atoms with Gasteiger partial charge in [-0.2, -0.15) is 0 Å². The van der Waals surface area contributed by atoms with Gasteiger partial charge < -0.3 is 10.4 Å². The number of benzene rings is 1. The Morgan fingerprint density at radius 1 is 1.50 bits per heavy atom. The highest BCUT2D eigenvalue weighted by Crippen LogP contribution is 2.39. The summed E-state index contributed by atoms with van der Waals surface area (Å²) in [5.74, 6) is 0.459. The average Bonchev–Trinajstić information content (AvgIpc) is 3.25. The first-order valence-electron chi connectivity index (χ1n) is 7.11. The van der Waals surface area contributed by atoms with Crippen LogP contribution in [0.25, 0.3) is 0 Å². The molecule has 0 bridgehead atoms. The lowest BCUT2D eigenvalue weighted by Gasteiger charge is -2.28. The number of aliphatic hydroxyl groups excluding tert-OH is 1. The molecule has 1 saturated carbocycles. The SMILES string of the molecule is Cc1cc(CCC(=O)NC(C)(CO)C2CC2)ccc1Br. The van der Waals surface area contributed by atoms with Gasteiger partial charge in [0.1, 0.15) is 0 Å². The van der Waals surface area contributed by atoms with Gasteiger partial charge in [0.15, 0.2) is 0 Å². The van der Waals surface area contributed by atoms with Crippen LogP contribution in [0.5, 0.6) is 0 Å². The Bertz CT molecular complexity index is 499. The largest absolute Gasteiger partial charge is 0.394 e. The van der Waals surface area contributed by atoms with Crippen molar-refractivity contribution < 1.29 is 9.90 Å². The number of aliphatic hydroxyl groups is 1. The second-order valence-corrected chi connectivity index (χ2v) is 6.84. The number of aryl methyl sites for hydroxylation is 2. The predicted octanol–water partition coefficient (Wildman–Crippen LogP) is 2.97. The Morgan fingerprint density at radius 2 is 2.20 bits per heavy atom. The Balaban J connectivity index is 1.87. The molecule has 3 nitrogen and oxygen atoms in total. The molecule has 1 aromatic rings. The van der Waals surface area contributed by atoms with Crippen molar-refractivity contribution in [1.82, 2.24) is 5.32 Å². The van der Waals surface area contributed by atoms with Crippen LogP contribution in [0, 0.1) is 12.8 Å². The van der Waals surface area contributed by atoms with Crippen molar-refractivity contribution in [2.75, 3.05) is 6.61 Å². The lowest BCUT2D eigenvalue weighted by molar-refractivity contribution is -0.123. The summed E-state index contributed by atoms with van der Waals surface area (Å²) in [7, 11) is 0. The molecule has 0 spiro atoms. The highest BCUT2D eigenvalue weighted by molar-refractivity contribution is 9.10. The number of rotatable bonds is 6. The second-order valence-electron chi connectivity index (χ2n) is 5.98. The van der Waals surface area contributed by atoms with Crippen molar-refractivity contribution in [1.29, 1.82) is 0 Å². The fourth-order valence-corrected chi connectivity index (χ4v) is 2.74. The molecule has 2 N–H and O–H groups in total. The van der Waals surface area contributed by atoms with Gasteiger partial charge in [0.25, 0.3) is 0 Å². The molecule has 1 aliphatic carbocycles. The zero-order chi connectivity index (χ0) is 14.8. The first-order chi connectivity index (χ1) is 9.44. The number of hydrogen-bond donors (Lipinski definition) is 2. The summed E-state index contributed by atoms with van der Waals surface area (Å²) in [4.78, 5) is 12.0. The molecule has 0 aliphatic heterocycles. The maximum atomic E-state index is 12.0. The number of halogens is 1. The summed E-state index contributed by atoms with van der Waals surface area (Å²) in [5, 5.41) is 12.5. The van der Waals surface area contributed by atoms with Crippen LogP contribution in [0.2, 0.25) is 0 Å². The molecular weight excluding hydrogens is 318 g/mol. The van der Waals surface area contributed by atoms with E-state index in [2.05, 4.69) is 27.3 Å². The van der Waals surface area contributed by atoms with Gasteiger partial charge in [-0.05, 0) is 56.2 Å². The van der Waals surface area contributed by atoms with Crippen molar-refractivity contribution in [3.63, 3.8) is 0 Å². The molecule has 1 fully saturated rings. The summed E-state index contributed by atoms with van der Waals surface area (Å²) in [5.41, 5.74) is 1.91. The summed E-state index contributed by atoms with van der Waals surface area (Å²) >= 11 is 3.47. The molecule has 1 atom stereocenters. The highest BCUT2D eigenvalue weighted by Gasteiger charge is 2.41. The third-order valence-corrected chi connectivity index (χ3v) is 4.98. The van der Waals surface area contributed by atoms with Crippen molar-refractivity contribution in [2.24, 2.45) is 5.92 Å². The lowest BCUT2D eigenvalue weighted by atomic mass is 9.96. The number of nitrogens with one attached hydrogen (secondary N) is 1. The minimum Gasteiger partial charge on any atom is -0.394 e. The van der Waals surface area contributed by atoms with Crippen LogP contribution in [0.4, 0.5) is 0 Å². The van der Waals surface area contributed by atoms with Crippen molar-refractivity contribution in [3.05, 3.63) is 33.8 Å². The van der Waals surface area contributed by atoms with Gasteiger partial charge in [-0.1, -0.05) is 28.1 Å². The average molecular weight is 340 g/mol. The van der Waals surface area contributed by atoms with E-state index in [1.165, 1.54) is 5.56 Å². The van der Waals surface area contributed by atoms with Crippen molar-refractivity contribution >= 4 is 21.8 Å². The third kappa shape index (κ3) is 3.83. The van der Waals surface area contributed by atoms with Crippen molar-refractivity contribution in [2.45, 2.75) is 45.1 Å². The van der Waals surface area contributed by atoms with Crippen LogP contribution in [-0.4, -0.2) is 23.2 Å². The van der Waals surface area contributed by atoms with E-state index in [1.54, 1.807) is 0 Å². The molecule has 0 radical (unpaired) electrons. The smallest absolute Gasteiger partial charge is 0.220 e. The van der Waals surface area contributed by atoms with Crippen LogP contribution in [0.15, 0.2) is 22.7 Å². The maximum absolute atomic E-state index is 12.0. The Kier molecular flexibility index (Phi) is 4.86. The number of amides is 1. The molecule has 4 heteroatoms. The number of hydrogen-bond acceptors (Lipinski definition) is 2. The normalized spacial score (nSPS) is 17.6. The van der Waals surface area contributed by atoms with E-state index >= 15 is 0 Å². The minimum atomic E-state index is -0.438. The van der Waals surface area contributed by atoms with E-state index in [0.717, 1.165) is 29.3 Å². The second kappa shape index (κ2) is 6.27. The summed E-state index contributed by atoms with van der Waals surface area (Å²) in [6, 6.07) is 6.16. The monoisotopic (exact) mass is 339 g/mol. The van der Waals surface area contributed by atoms with Crippen LogP contribution in [0.3, 0.4) is 0 Å². The van der Waals surface area contributed by atoms with Gasteiger partial charge in [-0.15, -0.1) is 0 Å². The van der Waals surface area contributed by atoms with Gasteiger partial charge in [0.05, 0.1) is 12.1 Å². The molecule has 0 saturated heterocycles. The topological polar surface area (TPSA) is 49.3 Å². The number of carbonyl (C=O) groups excluding carboxylic acids is 1. The van der Waals surface area contributed by atoms with E-state index in [1.807, 2.05) is 26.0 Å². The summed E-state index contributed by atoms with van der Waals surface area (Å²) < 4.78 is 1.09. The molecular formula is C16H22BrNO2. The van der Waals surface area contributed by atoms with Gasteiger partial charge in [-0.3, -0.25) is 4.79 Å². The first-order valence-corrected chi connectivity index (χ1v) is 7.91. The van der Waals surface area contributed by atoms with E-state index in [0.29, 0.717) is 12.3 Å². The van der Waals surface area contributed by atoms with Crippen LogP contribution >= 0.6 is 15.9 Å².